The standard InChI is InChI=1S/C19H16N2O2/c1-23-19(22)15(11-20)18(13-7-3-2-4-8-13)16-12-21-17-10-6-5-9-14(16)17/h2-10,12,15,18,21H,1H3/t15-,18+/m1/s1. The van der Waals surface area contributed by atoms with Crippen LogP contribution in [0.1, 0.15) is 17.0 Å². The van der Waals surface area contributed by atoms with Gasteiger partial charge < -0.3 is 9.72 Å². The van der Waals surface area contributed by atoms with Gasteiger partial charge >= 0.3 is 5.97 Å². The Morgan fingerprint density at radius 1 is 1.13 bits per heavy atom. The summed E-state index contributed by atoms with van der Waals surface area (Å²) < 4.78 is 4.84. The number of aromatic amines is 1. The van der Waals surface area contributed by atoms with Crippen molar-refractivity contribution in [2.45, 2.75) is 5.92 Å². The topological polar surface area (TPSA) is 65.9 Å². The van der Waals surface area contributed by atoms with Crippen molar-refractivity contribution in [3.8, 4) is 6.07 Å². The molecule has 3 aromatic rings. The van der Waals surface area contributed by atoms with Gasteiger partial charge in [0.05, 0.1) is 13.2 Å². The van der Waals surface area contributed by atoms with E-state index in [2.05, 4.69) is 11.1 Å². The highest BCUT2D eigenvalue weighted by atomic mass is 16.5. The van der Waals surface area contributed by atoms with Gasteiger partial charge in [-0.25, -0.2) is 0 Å². The van der Waals surface area contributed by atoms with Gasteiger partial charge in [-0.1, -0.05) is 48.5 Å². The Bertz CT molecular complexity index is 862. The van der Waals surface area contributed by atoms with E-state index in [4.69, 9.17) is 4.74 Å². The molecule has 0 spiro atoms. The van der Waals surface area contributed by atoms with E-state index < -0.39 is 11.9 Å². The van der Waals surface area contributed by atoms with E-state index >= 15 is 0 Å². The van der Waals surface area contributed by atoms with Gasteiger partial charge in [0.2, 0.25) is 0 Å². The zero-order valence-corrected chi connectivity index (χ0v) is 12.7. The Kier molecular flexibility index (Phi) is 4.11. The fourth-order valence-electron chi connectivity index (χ4n) is 2.95. The summed E-state index contributed by atoms with van der Waals surface area (Å²) in [6.45, 7) is 0. The second kappa shape index (κ2) is 6.37. The van der Waals surface area contributed by atoms with Crippen molar-refractivity contribution in [2.24, 2.45) is 5.92 Å². The summed E-state index contributed by atoms with van der Waals surface area (Å²) >= 11 is 0. The number of nitrogens with zero attached hydrogens (tertiary/aromatic N) is 1. The molecular weight excluding hydrogens is 288 g/mol. The van der Waals surface area contributed by atoms with Crippen LogP contribution in [0.2, 0.25) is 0 Å². The molecule has 0 aliphatic heterocycles. The van der Waals surface area contributed by atoms with Gasteiger partial charge in [-0.05, 0) is 17.2 Å². The molecular formula is C19H16N2O2. The molecule has 1 heterocycles. The van der Waals surface area contributed by atoms with Crippen molar-refractivity contribution in [2.75, 3.05) is 7.11 Å². The van der Waals surface area contributed by atoms with Gasteiger partial charge in [-0.15, -0.1) is 0 Å². The van der Waals surface area contributed by atoms with E-state index in [0.29, 0.717) is 0 Å². The lowest BCUT2D eigenvalue weighted by atomic mass is 9.81. The fourth-order valence-corrected chi connectivity index (χ4v) is 2.95. The SMILES string of the molecule is COC(=O)[C@H](C#N)[C@H](c1ccccc1)c1c[nH]c2ccccc12. The maximum absolute atomic E-state index is 12.1. The number of ether oxygens (including phenoxy) is 1. The van der Waals surface area contributed by atoms with E-state index in [1.807, 2.05) is 60.8 Å². The summed E-state index contributed by atoms with van der Waals surface area (Å²) in [5, 5.41) is 10.6. The lowest BCUT2D eigenvalue weighted by Crippen LogP contribution is -2.23. The van der Waals surface area contributed by atoms with Crippen molar-refractivity contribution >= 4 is 16.9 Å². The predicted octanol–water partition coefficient (Wildman–Crippen LogP) is 3.61. The minimum absolute atomic E-state index is 0.384. The summed E-state index contributed by atoms with van der Waals surface area (Å²) in [4.78, 5) is 15.3. The number of nitriles is 1. The Balaban J connectivity index is 2.20. The number of methoxy groups -OCH3 is 1. The molecule has 0 fully saturated rings. The lowest BCUT2D eigenvalue weighted by molar-refractivity contribution is -0.143. The molecule has 23 heavy (non-hydrogen) atoms. The van der Waals surface area contributed by atoms with Gasteiger partial charge in [0, 0.05) is 23.0 Å². The number of carbonyl (C=O) groups excluding carboxylic acids is 1. The van der Waals surface area contributed by atoms with Crippen LogP contribution in [0, 0.1) is 17.2 Å². The highest BCUT2D eigenvalue weighted by Gasteiger charge is 2.33. The van der Waals surface area contributed by atoms with E-state index in [1.54, 1.807) is 0 Å². The third-order valence-corrected chi connectivity index (χ3v) is 4.04. The van der Waals surface area contributed by atoms with Crippen LogP contribution in [-0.2, 0) is 9.53 Å². The first-order chi connectivity index (χ1) is 11.3. The van der Waals surface area contributed by atoms with Crippen LogP contribution in [0.5, 0.6) is 0 Å². The van der Waals surface area contributed by atoms with Crippen molar-refractivity contribution in [3.63, 3.8) is 0 Å². The molecule has 2 atom stereocenters. The maximum atomic E-state index is 12.1. The van der Waals surface area contributed by atoms with Crippen LogP contribution in [0.4, 0.5) is 0 Å². The van der Waals surface area contributed by atoms with Gasteiger partial charge in [-0.2, -0.15) is 5.26 Å². The number of rotatable bonds is 4. The smallest absolute Gasteiger partial charge is 0.324 e. The number of carbonyl (C=O) groups is 1. The second-order valence-electron chi connectivity index (χ2n) is 5.31. The number of aromatic nitrogens is 1. The molecule has 0 bridgehead atoms. The first-order valence-electron chi connectivity index (χ1n) is 7.34. The quantitative estimate of drug-likeness (QED) is 0.749. The minimum atomic E-state index is -0.901. The number of esters is 1. The van der Waals surface area contributed by atoms with Crippen molar-refractivity contribution < 1.29 is 9.53 Å². The van der Waals surface area contributed by atoms with Crippen molar-refractivity contribution in [1.29, 1.82) is 5.26 Å². The monoisotopic (exact) mass is 304 g/mol. The Hall–Kier alpha value is -3.06. The lowest BCUT2D eigenvalue weighted by Gasteiger charge is -2.20. The van der Waals surface area contributed by atoms with Crippen molar-refractivity contribution in [1.82, 2.24) is 4.98 Å². The molecule has 1 N–H and O–H groups in total. The molecule has 0 saturated heterocycles. The molecule has 0 unspecified atom stereocenters. The molecule has 0 amide bonds. The highest BCUT2D eigenvalue weighted by molar-refractivity contribution is 5.86. The van der Waals surface area contributed by atoms with Gasteiger partial charge in [0.1, 0.15) is 0 Å². The van der Waals surface area contributed by atoms with E-state index in [1.165, 1.54) is 7.11 Å². The highest BCUT2D eigenvalue weighted by Crippen LogP contribution is 2.36. The zero-order valence-electron chi connectivity index (χ0n) is 12.7. The number of hydrogen-bond donors (Lipinski definition) is 1. The number of hydrogen-bond acceptors (Lipinski definition) is 3. The average Bonchev–Trinajstić information content (AvgIpc) is 3.03. The summed E-state index contributed by atoms with van der Waals surface area (Å²) in [6.07, 6.45) is 1.87. The molecule has 0 aliphatic carbocycles. The molecule has 4 nitrogen and oxygen atoms in total. The normalized spacial score (nSPS) is 13.2. The minimum Gasteiger partial charge on any atom is -0.468 e. The Labute approximate surface area is 134 Å². The van der Waals surface area contributed by atoms with Gasteiger partial charge in [0.15, 0.2) is 5.92 Å². The number of fused-ring (bicyclic) bond motifs is 1. The van der Waals surface area contributed by atoms with E-state index in [9.17, 15) is 10.1 Å². The Morgan fingerprint density at radius 3 is 2.52 bits per heavy atom. The fraction of sp³-hybridized carbons (Fsp3) is 0.158. The van der Waals surface area contributed by atoms with Gasteiger partial charge in [-0.3, -0.25) is 4.79 Å². The van der Waals surface area contributed by atoms with Crippen LogP contribution < -0.4 is 0 Å². The molecule has 114 valence electrons. The number of H-pyrrole nitrogens is 1. The Morgan fingerprint density at radius 2 is 1.83 bits per heavy atom. The maximum Gasteiger partial charge on any atom is 0.324 e. The first-order valence-corrected chi connectivity index (χ1v) is 7.34. The largest absolute Gasteiger partial charge is 0.468 e. The van der Waals surface area contributed by atoms with Crippen LogP contribution in [-0.4, -0.2) is 18.1 Å². The molecule has 4 heteroatoms. The third-order valence-electron chi connectivity index (χ3n) is 4.04. The predicted molar refractivity (Wildman–Crippen MR) is 87.7 cm³/mol. The summed E-state index contributed by atoms with van der Waals surface area (Å²) in [5.41, 5.74) is 2.81. The number of para-hydroxylation sites is 1. The second-order valence-corrected chi connectivity index (χ2v) is 5.31. The molecule has 3 rings (SSSR count). The molecule has 0 saturated carbocycles. The van der Waals surface area contributed by atoms with E-state index in [0.717, 1.165) is 22.0 Å². The van der Waals surface area contributed by atoms with Gasteiger partial charge in [0.25, 0.3) is 0 Å². The van der Waals surface area contributed by atoms with Crippen LogP contribution in [0.15, 0.2) is 60.8 Å². The summed E-state index contributed by atoms with van der Waals surface area (Å²) in [5.74, 6) is -1.81. The van der Waals surface area contributed by atoms with Crippen LogP contribution >= 0.6 is 0 Å². The summed E-state index contributed by atoms with van der Waals surface area (Å²) in [7, 11) is 1.31. The van der Waals surface area contributed by atoms with Crippen molar-refractivity contribution in [3.05, 3.63) is 71.9 Å². The third kappa shape index (κ3) is 2.69. The molecule has 0 radical (unpaired) electrons. The number of nitrogens with one attached hydrogen (secondary N) is 1. The average molecular weight is 304 g/mol. The number of benzene rings is 2. The molecule has 2 aromatic carbocycles. The molecule has 0 aliphatic rings. The summed E-state index contributed by atoms with van der Waals surface area (Å²) in [6, 6.07) is 19.6. The molecule has 1 aromatic heterocycles. The van der Waals surface area contributed by atoms with Crippen LogP contribution in [0.3, 0.4) is 0 Å². The van der Waals surface area contributed by atoms with Crippen LogP contribution in [0.25, 0.3) is 10.9 Å². The first kappa shape index (κ1) is 14.9. The van der Waals surface area contributed by atoms with E-state index in [-0.39, 0.29) is 5.92 Å². The zero-order chi connectivity index (χ0) is 16.2.